The molecule has 6 heteroatoms. The second-order valence-corrected chi connectivity index (χ2v) is 4.92. The summed E-state index contributed by atoms with van der Waals surface area (Å²) in [4.78, 5) is 13.2. The average Bonchev–Trinajstić information content (AvgIpc) is 2.31. The molecule has 0 saturated carbocycles. The van der Waals surface area contributed by atoms with Crippen LogP contribution in [0.25, 0.3) is 0 Å². The molecule has 0 fully saturated rings. The lowest BCUT2D eigenvalue weighted by atomic mass is 10.1. The number of hydrogen-bond donors (Lipinski definition) is 1. The first-order chi connectivity index (χ1) is 9.19. The van der Waals surface area contributed by atoms with Crippen molar-refractivity contribution in [3.8, 4) is 0 Å². The van der Waals surface area contributed by atoms with Crippen molar-refractivity contribution >= 4 is 11.6 Å². The standard InChI is InChI=1S/C14H19F3N2O/c1-10-5-4-6-11(2)13(10)18-12(20)9-19(3)8-7-14(15,16)17/h4-6H,7-9H2,1-3H3,(H,18,20). The molecule has 1 rings (SSSR count). The minimum Gasteiger partial charge on any atom is -0.324 e. The molecule has 0 aliphatic heterocycles. The first-order valence-electron chi connectivity index (χ1n) is 6.30. The maximum Gasteiger partial charge on any atom is 0.390 e. The third-order valence-electron chi connectivity index (χ3n) is 2.94. The summed E-state index contributed by atoms with van der Waals surface area (Å²) >= 11 is 0. The fraction of sp³-hybridized carbons (Fsp3) is 0.500. The number of carbonyl (C=O) groups excluding carboxylic acids is 1. The fourth-order valence-electron chi connectivity index (χ4n) is 1.83. The number of likely N-dealkylation sites (N-methyl/N-ethyl adjacent to an activating group) is 1. The van der Waals surface area contributed by atoms with Gasteiger partial charge in [-0.2, -0.15) is 13.2 Å². The predicted molar refractivity (Wildman–Crippen MR) is 72.7 cm³/mol. The summed E-state index contributed by atoms with van der Waals surface area (Å²) in [6.45, 7) is 3.49. The Morgan fingerprint density at radius 3 is 2.30 bits per heavy atom. The minimum absolute atomic E-state index is 0.0656. The van der Waals surface area contributed by atoms with E-state index in [1.165, 1.54) is 11.9 Å². The molecule has 3 nitrogen and oxygen atoms in total. The van der Waals surface area contributed by atoms with Crippen molar-refractivity contribution in [1.29, 1.82) is 0 Å². The first-order valence-corrected chi connectivity index (χ1v) is 6.30. The average molecular weight is 288 g/mol. The number of anilines is 1. The van der Waals surface area contributed by atoms with Gasteiger partial charge in [-0.1, -0.05) is 18.2 Å². The summed E-state index contributed by atoms with van der Waals surface area (Å²) in [5, 5.41) is 2.74. The van der Waals surface area contributed by atoms with Crippen LogP contribution < -0.4 is 5.32 Å². The molecule has 0 bridgehead atoms. The van der Waals surface area contributed by atoms with Crippen LogP contribution in [0.3, 0.4) is 0 Å². The number of nitrogens with zero attached hydrogens (tertiary/aromatic N) is 1. The zero-order valence-electron chi connectivity index (χ0n) is 11.8. The molecule has 1 N–H and O–H groups in total. The van der Waals surface area contributed by atoms with Gasteiger partial charge in [0.15, 0.2) is 0 Å². The van der Waals surface area contributed by atoms with Crippen LogP contribution in [-0.2, 0) is 4.79 Å². The highest BCUT2D eigenvalue weighted by Gasteiger charge is 2.27. The van der Waals surface area contributed by atoms with Gasteiger partial charge in [0, 0.05) is 12.2 Å². The number of hydrogen-bond acceptors (Lipinski definition) is 2. The van der Waals surface area contributed by atoms with Crippen LogP contribution in [0.15, 0.2) is 18.2 Å². The Labute approximate surface area is 116 Å². The van der Waals surface area contributed by atoms with Crippen molar-refractivity contribution in [2.75, 3.05) is 25.5 Å². The van der Waals surface area contributed by atoms with E-state index in [1.807, 2.05) is 32.0 Å². The van der Waals surface area contributed by atoms with Crippen LogP contribution in [0.2, 0.25) is 0 Å². The van der Waals surface area contributed by atoms with Gasteiger partial charge in [0.1, 0.15) is 0 Å². The molecule has 0 saturated heterocycles. The van der Waals surface area contributed by atoms with Crippen molar-refractivity contribution in [2.24, 2.45) is 0 Å². The smallest absolute Gasteiger partial charge is 0.324 e. The van der Waals surface area contributed by atoms with E-state index in [0.29, 0.717) is 0 Å². The zero-order valence-corrected chi connectivity index (χ0v) is 11.8. The molecule has 0 unspecified atom stereocenters. The van der Waals surface area contributed by atoms with E-state index in [4.69, 9.17) is 0 Å². The summed E-state index contributed by atoms with van der Waals surface area (Å²) in [5.41, 5.74) is 2.58. The third-order valence-corrected chi connectivity index (χ3v) is 2.94. The number of para-hydroxylation sites is 1. The van der Waals surface area contributed by atoms with Gasteiger partial charge in [-0.3, -0.25) is 9.69 Å². The molecule has 0 radical (unpaired) electrons. The molecule has 112 valence electrons. The molecular weight excluding hydrogens is 269 g/mol. The van der Waals surface area contributed by atoms with Gasteiger partial charge in [0.25, 0.3) is 0 Å². The Bertz CT molecular complexity index is 452. The SMILES string of the molecule is Cc1cccc(C)c1NC(=O)CN(C)CCC(F)(F)F. The lowest BCUT2D eigenvalue weighted by Crippen LogP contribution is -2.33. The lowest BCUT2D eigenvalue weighted by molar-refractivity contribution is -0.138. The summed E-state index contributed by atoms with van der Waals surface area (Å²) in [6.07, 6.45) is -5.11. The Morgan fingerprint density at radius 1 is 1.25 bits per heavy atom. The van der Waals surface area contributed by atoms with E-state index in [-0.39, 0.29) is 19.0 Å². The van der Waals surface area contributed by atoms with Crippen LogP contribution in [0.4, 0.5) is 18.9 Å². The molecule has 0 heterocycles. The van der Waals surface area contributed by atoms with Gasteiger partial charge in [0.05, 0.1) is 13.0 Å². The molecular formula is C14H19F3N2O. The maximum atomic E-state index is 12.1. The second kappa shape index (κ2) is 6.74. The first kappa shape index (κ1) is 16.5. The molecule has 20 heavy (non-hydrogen) atoms. The highest BCUT2D eigenvalue weighted by Crippen LogP contribution is 2.20. The Kier molecular flexibility index (Phi) is 5.56. The molecule has 0 spiro atoms. The minimum atomic E-state index is -4.20. The Morgan fingerprint density at radius 2 is 1.80 bits per heavy atom. The van der Waals surface area contributed by atoms with Gasteiger partial charge in [0.2, 0.25) is 5.91 Å². The monoisotopic (exact) mass is 288 g/mol. The molecule has 0 aliphatic carbocycles. The number of rotatable bonds is 5. The van der Waals surface area contributed by atoms with Crippen molar-refractivity contribution in [3.05, 3.63) is 29.3 Å². The van der Waals surface area contributed by atoms with Crippen LogP contribution in [0.1, 0.15) is 17.5 Å². The van der Waals surface area contributed by atoms with Crippen LogP contribution >= 0.6 is 0 Å². The third kappa shape index (κ3) is 5.61. The highest BCUT2D eigenvalue weighted by molar-refractivity contribution is 5.93. The summed E-state index contributed by atoms with van der Waals surface area (Å²) < 4.78 is 36.2. The number of amides is 1. The second-order valence-electron chi connectivity index (χ2n) is 4.92. The predicted octanol–water partition coefficient (Wildman–Crippen LogP) is 3.13. The summed E-state index contributed by atoms with van der Waals surface area (Å²) in [6, 6.07) is 5.63. The van der Waals surface area contributed by atoms with Crippen molar-refractivity contribution in [2.45, 2.75) is 26.4 Å². The lowest BCUT2D eigenvalue weighted by Gasteiger charge is -2.18. The molecule has 0 aliphatic rings. The van der Waals surface area contributed by atoms with Crippen molar-refractivity contribution < 1.29 is 18.0 Å². The van der Waals surface area contributed by atoms with Gasteiger partial charge in [-0.05, 0) is 32.0 Å². The number of carbonyl (C=O) groups is 1. The molecule has 0 aromatic heterocycles. The van der Waals surface area contributed by atoms with Crippen LogP contribution in [-0.4, -0.2) is 37.1 Å². The molecule has 1 aromatic rings. The van der Waals surface area contributed by atoms with E-state index in [0.717, 1.165) is 16.8 Å². The fourth-order valence-corrected chi connectivity index (χ4v) is 1.83. The van der Waals surface area contributed by atoms with Gasteiger partial charge >= 0.3 is 6.18 Å². The Balaban J connectivity index is 2.52. The normalized spacial score (nSPS) is 11.8. The largest absolute Gasteiger partial charge is 0.390 e. The number of benzene rings is 1. The van der Waals surface area contributed by atoms with Crippen LogP contribution in [0, 0.1) is 13.8 Å². The zero-order chi connectivity index (χ0) is 15.3. The van der Waals surface area contributed by atoms with E-state index in [9.17, 15) is 18.0 Å². The number of aryl methyl sites for hydroxylation is 2. The number of alkyl halides is 3. The molecule has 1 amide bonds. The summed E-state index contributed by atoms with van der Waals surface area (Å²) in [7, 11) is 1.50. The van der Waals surface area contributed by atoms with E-state index in [1.54, 1.807) is 0 Å². The quantitative estimate of drug-likeness (QED) is 0.903. The highest BCUT2D eigenvalue weighted by atomic mass is 19.4. The van der Waals surface area contributed by atoms with Crippen molar-refractivity contribution in [1.82, 2.24) is 4.90 Å². The van der Waals surface area contributed by atoms with E-state index >= 15 is 0 Å². The van der Waals surface area contributed by atoms with Gasteiger partial charge < -0.3 is 5.32 Å². The maximum absolute atomic E-state index is 12.1. The van der Waals surface area contributed by atoms with Gasteiger partial charge in [-0.25, -0.2) is 0 Å². The van der Waals surface area contributed by atoms with Crippen LogP contribution in [0.5, 0.6) is 0 Å². The molecule has 1 aromatic carbocycles. The number of nitrogens with one attached hydrogen (secondary N) is 1. The van der Waals surface area contributed by atoms with Crippen molar-refractivity contribution in [3.63, 3.8) is 0 Å². The number of halogens is 3. The molecule has 0 atom stereocenters. The topological polar surface area (TPSA) is 32.3 Å². The van der Waals surface area contributed by atoms with E-state index in [2.05, 4.69) is 5.32 Å². The van der Waals surface area contributed by atoms with E-state index < -0.39 is 12.6 Å². The summed E-state index contributed by atoms with van der Waals surface area (Å²) in [5.74, 6) is -0.313. The van der Waals surface area contributed by atoms with Gasteiger partial charge in [-0.15, -0.1) is 0 Å². The Hall–Kier alpha value is -1.56.